The minimum absolute atomic E-state index is 0.0674. The highest BCUT2D eigenvalue weighted by molar-refractivity contribution is 5.94. The van der Waals surface area contributed by atoms with Crippen molar-refractivity contribution in [2.24, 2.45) is 0 Å². The topological polar surface area (TPSA) is 66.5 Å². The first kappa shape index (κ1) is 14.3. The normalized spacial score (nSPS) is 22.9. The van der Waals surface area contributed by atoms with Gasteiger partial charge in [-0.05, 0) is 31.4 Å². The second-order valence-corrected chi connectivity index (χ2v) is 5.52. The molecule has 114 valence electrons. The number of piperidine rings is 1. The summed E-state index contributed by atoms with van der Waals surface area (Å²) >= 11 is 0. The molecule has 21 heavy (non-hydrogen) atoms. The molecule has 0 radical (unpaired) electrons. The summed E-state index contributed by atoms with van der Waals surface area (Å²) in [6, 6.07) is 3.62. The molecule has 3 heterocycles. The van der Waals surface area contributed by atoms with Gasteiger partial charge >= 0.3 is 0 Å². The van der Waals surface area contributed by atoms with E-state index in [0.29, 0.717) is 19.8 Å². The minimum Gasteiger partial charge on any atom is -0.378 e. The molecule has 6 nitrogen and oxygen atoms in total. The van der Waals surface area contributed by atoms with E-state index in [0.717, 1.165) is 24.6 Å². The van der Waals surface area contributed by atoms with Gasteiger partial charge in [0.15, 0.2) is 0 Å². The Morgan fingerprint density at radius 1 is 1.33 bits per heavy atom. The lowest BCUT2D eigenvalue weighted by Gasteiger charge is -2.27. The molecule has 0 aliphatic carbocycles. The fraction of sp³-hybridized carbons (Fsp3) is 0.600. The monoisotopic (exact) mass is 290 g/mol. The molecule has 2 N–H and O–H groups in total. The van der Waals surface area contributed by atoms with E-state index in [1.807, 2.05) is 12.1 Å². The van der Waals surface area contributed by atoms with Crippen molar-refractivity contribution in [1.82, 2.24) is 10.3 Å². The van der Waals surface area contributed by atoms with Crippen LogP contribution in [0, 0.1) is 0 Å². The highest BCUT2D eigenvalue weighted by atomic mass is 16.5. The molecule has 1 atom stereocenters. The zero-order valence-corrected chi connectivity index (χ0v) is 12.2. The second kappa shape index (κ2) is 6.87. The summed E-state index contributed by atoms with van der Waals surface area (Å²) in [6.45, 7) is 3.94. The fourth-order valence-corrected chi connectivity index (χ4v) is 2.73. The van der Waals surface area contributed by atoms with Gasteiger partial charge in [-0.1, -0.05) is 0 Å². The lowest BCUT2D eigenvalue weighted by Crippen LogP contribution is -2.48. The maximum Gasteiger partial charge on any atom is 0.243 e. The number of hydrogen-bond acceptors (Lipinski definition) is 5. The zero-order chi connectivity index (χ0) is 14.5. The number of nitrogens with zero attached hydrogens (tertiary/aromatic N) is 2. The highest BCUT2D eigenvalue weighted by Crippen LogP contribution is 2.19. The van der Waals surface area contributed by atoms with Crippen molar-refractivity contribution < 1.29 is 9.53 Å². The molecule has 1 aromatic heterocycles. The first-order valence-electron chi connectivity index (χ1n) is 7.66. The zero-order valence-electron chi connectivity index (χ0n) is 12.2. The Bertz CT molecular complexity index is 465. The molecule has 3 rings (SSSR count). The Kier molecular flexibility index (Phi) is 4.67. The number of aromatic nitrogens is 1. The molecule has 0 bridgehead atoms. The van der Waals surface area contributed by atoms with Crippen LogP contribution in [0.1, 0.15) is 19.3 Å². The number of morpholine rings is 1. The van der Waals surface area contributed by atoms with Crippen LogP contribution >= 0.6 is 0 Å². The first-order chi connectivity index (χ1) is 10.3. The molecule has 1 amide bonds. The minimum atomic E-state index is -0.277. The van der Waals surface area contributed by atoms with Crippen LogP contribution in [0.25, 0.3) is 0 Å². The Balaban J connectivity index is 1.57. The van der Waals surface area contributed by atoms with Gasteiger partial charge in [-0.2, -0.15) is 0 Å². The number of anilines is 2. The summed E-state index contributed by atoms with van der Waals surface area (Å²) in [5.41, 5.74) is 0.730. The number of nitrogens with one attached hydrogen (secondary N) is 2. The van der Waals surface area contributed by atoms with E-state index in [1.165, 1.54) is 19.3 Å². The summed E-state index contributed by atoms with van der Waals surface area (Å²) in [5.74, 6) is 0.925. The molecule has 0 aromatic carbocycles. The third-order valence-electron chi connectivity index (χ3n) is 3.93. The molecule has 6 heteroatoms. The molecular weight excluding hydrogens is 268 g/mol. The van der Waals surface area contributed by atoms with E-state index in [2.05, 4.69) is 20.5 Å². The van der Waals surface area contributed by atoms with Gasteiger partial charge in [-0.15, -0.1) is 0 Å². The maximum atomic E-state index is 12.1. The van der Waals surface area contributed by atoms with E-state index in [1.54, 1.807) is 6.20 Å². The summed E-state index contributed by atoms with van der Waals surface area (Å²) in [5, 5.41) is 6.02. The van der Waals surface area contributed by atoms with Crippen LogP contribution in [0.5, 0.6) is 0 Å². The van der Waals surface area contributed by atoms with Gasteiger partial charge in [-0.25, -0.2) is 4.98 Å². The molecule has 2 aliphatic heterocycles. The molecular formula is C15H22N4O2. The molecule has 1 unspecified atom stereocenters. The lowest BCUT2D eigenvalue weighted by molar-refractivity contribution is -0.120. The van der Waals surface area contributed by atoms with Crippen molar-refractivity contribution >= 4 is 17.4 Å². The Morgan fingerprint density at radius 3 is 2.86 bits per heavy atom. The van der Waals surface area contributed by atoms with Crippen LogP contribution in [0.15, 0.2) is 18.3 Å². The molecule has 2 fully saturated rings. The van der Waals surface area contributed by atoms with E-state index in [-0.39, 0.29) is 11.9 Å². The average molecular weight is 290 g/mol. The SMILES string of the molecule is O=C(Nc1ccc(N2CCCCC2)nc1)C1COCCN1. The number of rotatable bonds is 3. The molecule has 0 saturated carbocycles. The van der Waals surface area contributed by atoms with Crippen molar-refractivity contribution in [3.63, 3.8) is 0 Å². The number of hydrogen-bond donors (Lipinski definition) is 2. The summed E-state index contributed by atoms with van der Waals surface area (Å²) < 4.78 is 5.29. The van der Waals surface area contributed by atoms with Crippen molar-refractivity contribution in [1.29, 1.82) is 0 Å². The van der Waals surface area contributed by atoms with Crippen LogP contribution < -0.4 is 15.5 Å². The lowest BCUT2D eigenvalue weighted by atomic mass is 10.1. The van der Waals surface area contributed by atoms with Crippen molar-refractivity contribution in [2.75, 3.05) is 43.1 Å². The van der Waals surface area contributed by atoms with Crippen LogP contribution in [-0.4, -0.2) is 49.8 Å². The standard InChI is InChI=1S/C15H22N4O2/c20-15(13-11-21-9-6-16-13)18-12-4-5-14(17-10-12)19-7-2-1-3-8-19/h4-5,10,13,16H,1-3,6-9,11H2,(H,18,20). The fourth-order valence-electron chi connectivity index (χ4n) is 2.73. The van der Waals surface area contributed by atoms with E-state index in [9.17, 15) is 4.79 Å². The van der Waals surface area contributed by atoms with Gasteiger partial charge in [0.1, 0.15) is 11.9 Å². The maximum absolute atomic E-state index is 12.1. The predicted molar refractivity (Wildman–Crippen MR) is 81.5 cm³/mol. The molecule has 2 aliphatic rings. The van der Waals surface area contributed by atoms with Gasteiger partial charge in [0.05, 0.1) is 25.1 Å². The third-order valence-corrected chi connectivity index (χ3v) is 3.93. The largest absolute Gasteiger partial charge is 0.378 e. The number of carbonyl (C=O) groups is 1. The summed E-state index contributed by atoms with van der Waals surface area (Å²) in [4.78, 5) is 18.8. The van der Waals surface area contributed by atoms with Gasteiger partial charge in [-0.3, -0.25) is 4.79 Å². The number of pyridine rings is 1. The second-order valence-electron chi connectivity index (χ2n) is 5.52. The number of amides is 1. The smallest absolute Gasteiger partial charge is 0.243 e. The molecule has 1 aromatic rings. The molecule has 2 saturated heterocycles. The average Bonchev–Trinajstić information content (AvgIpc) is 2.57. The predicted octanol–water partition coefficient (Wildman–Crippen LogP) is 0.999. The highest BCUT2D eigenvalue weighted by Gasteiger charge is 2.21. The van der Waals surface area contributed by atoms with Crippen molar-refractivity contribution in [2.45, 2.75) is 25.3 Å². The van der Waals surface area contributed by atoms with Crippen LogP contribution in [0.2, 0.25) is 0 Å². The van der Waals surface area contributed by atoms with E-state index in [4.69, 9.17) is 4.74 Å². The third kappa shape index (κ3) is 3.71. The van der Waals surface area contributed by atoms with Crippen LogP contribution in [0.3, 0.4) is 0 Å². The first-order valence-corrected chi connectivity index (χ1v) is 7.66. The van der Waals surface area contributed by atoms with Crippen LogP contribution in [0.4, 0.5) is 11.5 Å². The quantitative estimate of drug-likeness (QED) is 0.869. The van der Waals surface area contributed by atoms with Crippen molar-refractivity contribution in [3.8, 4) is 0 Å². The van der Waals surface area contributed by atoms with Gasteiger partial charge in [0.2, 0.25) is 5.91 Å². The Morgan fingerprint density at radius 2 is 2.19 bits per heavy atom. The molecule has 0 spiro atoms. The number of ether oxygens (including phenoxy) is 1. The van der Waals surface area contributed by atoms with E-state index >= 15 is 0 Å². The van der Waals surface area contributed by atoms with Gasteiger partial charge in [0.25, 0.3) is 0 Å². The summed E-state index contributed by atoms with van der Waals surface area (Å²) in [7, 11) is 0. The Hall–Kier alpha value is -1.66. The van der Waals surface area contributed by atoms with Crippen molar-refractivity contribution in [3.05, 3.63) is 18.3 Å². The van der Waals surface area contributed by atoms with Gasteiger partial charge in [0, 0.05) is 19.6 Å². The summed E-state index contributed by atoms with van der Waals surface area (Å²) in [6.07, 6.45) is 5.49. The Labute approximate surface area is 124 Å². The van der Waals surface area contributed by atoms with Crippen LogP contribution in [-0.2, 0) is 9.53 Å². The van der Waals surface area contributed by atoms with Gasteiger partial charge < -0.3 is 20.3 Å². The number of carbonyl (C=O) groups excluding carboxylic acids is 1. The van der Waals surface area contributed by atoms with E-state index < -0.39 is 0 Å².